The highest BCUT2D eigenvalue weighted by Crippen LogP contribution is 2.51. The number of carbonyl (C=O) groups is 2. The summed E-state index contributed by atoms with van der Waals surface area (Å²) < 4.78 is 0. The van der Waals surface area contributed by atoms with E-state index in [-0.39, 0.29) is 11.4 Å². The second-order valence-corrected chi connectivity index (χ2v) is 5.87. The Morgan fingerprint density at radius 2 is 2.11 bits per heavy atom. The van der Waals surface area contributed by atoms with Gasteiger partial charge in [-0.05, 0) is 37.0 Å². The summed E-state index contributed by atoms with van der Waals surface area (Å²) in [7, 11) is 0. The molecule has 0 spiro atoms. The molecule has 18 heavy (non-hydrogen) atoms. The molecule has 2 N–H and O–H groups in total. The van der Waals surface area contributed by atoms with Crippen molar-refractivity contribution in [3.05, 3.63) is 0 Å². The normalized spacial score (nSPS) is 25.3. The van der Waals surface area contributed by atoms with Crippen LogP contribution in [0.25, 0.3) is 0 Å². The van der Waals surface area contributed by atoms with E-state index in [0.29, 0.717) is 25.4 Å². The molecule has 0 aromatic heterocycles. The molecule has 1 heterocycles. The predicted octanol–water partition coefficient (Wildman–Crippen LogP) is 1.68. The van der Waals surface area contributed by atoms with E-state index in [0.717, 1.165) is 19.3 Å². The smallest absolute Gasteiger partial charge is 0.326 e. The molecule has 1 aliphatic heterocycles. The molecule has 0 aromatic rings. The van der Waals surface area contributed by atoms with Gasteiger partial charge in [-0.1, -0.05) is 13.8 Å². The van der Waals surface area contributed by atoms with Gasteiger partial charge in [-0.3, -0.25) is 0 Å². The number of amides is 2. The molecule has 1 aliphatic carbocycles. The maximum absolute atomic E-state index is 12.0. The maximum atomic E-state index is 12.0. The fourth-order valence-corrected chi connectivity index (χ4v) is 2.74. The molecule has 2 fully saturated rings. The molecule has 2 aliphatic rings. The highest BCUT2D eigenvalue weighted by atomic mass is 16.4. The van der Waals surface area contributed by atoms with Crippen molar-refractivity contribution in [3.63, 3.8) is 0 Å². The van der Waals surface area contributed by atoms with E-state index < -0.39 is 12.0 Å². The molecule has 2 rings (SSSR count). The Morgan fingerprint density at radius 3 is 2.61 bits per heavy atom. The summed E-state index contributed by atoms with van der Waals surface area (Å²) in [4.78, 5) is 24.5. The standard InChI is InChI=1S/C13H22N2O3/c1-9(2)13(5-6-13)8-14-12(18)15-7-3-4-10(15)11(16)17/h9-10H,3-8H2,1-2H3,(H,14,18)(H,16,17). The van der Waals surface area contributed by atoms with Crippen molar-refractivity contribution in [1.29, 1.82) is 0 Å². The van der Waals surface area contributed by atoms with E-state index in [4.69, 9.17) is 5.11 Å². The van der Waals surface area contributed by atoms with Gasteiger partial charge in [0.15, 0.2) is 0 Å². The summed E-state index contributed by atoms with van der Waals surface area (Å²) in [6, 6.07) is -0.856. The first-order valence-electron chi connectivity index (χ1n) is 6.73. The highest BCUT2D eigenvalue weighted by molar-refractivity contribution is 5.83. The topological polar surface area (TPSA) is 69.6 Å². The molecular weight excluding hydrogens is 232 g/mol. The number of rotatable bonds is 4. The minimum atomic E-state index is -0.896. The number of aliphatic carboxylic acids is 1. The predicted molar refractivity (Wildman–Crippen MR) is 67.3 cm³/mol. The molecule has 1 atom stereocenters. The molecule has 0 radical (unpaired) electrons. The molecule has 1 unspecified atom stereocenters. The molecule has 1 saturated heterocycles. The summed E-state index contributed by atoms with van der Waals surface area (Å²) >= 11 is 0. The SMILES string of the molecule is CC(C)C1(CNC(=O)N2CCCC2C(=O)O)CC1. The Bertz CT molecular complexity index is 350. The van der Waals surface area contributed by atoms with Crippen molar-refractivity contribution in [2.75, 3.05) is 13.1 Å². The highest BCUT2D eigenvalue weighted by Gasteiger charge is 2.46. The third kappa shape index (κ3) is 2.44. The summed E-state index contributed by atoms with van der Waals surface area (Å²) in [6.45, 7) is 5.58. The van der Waals surface area contributed by atoms with Crippen molar-refractivity contribution in [2.45, 2.75) is 45.6 Å². The van der Waals surface area contributed by atoms with Crippen molar-refractivity contribution in [3.8, 4) is 0 Å². The van der Waals surface area contributed by atoms with E-state index in [1.54, 1.807) is 0 Å². The van der Waals surface area contributed by atoms with Gasteiger partial charge in [0.25, 0.3) is 0 Å². The quantitative estimate of drug-likeness (QED) is 0.802. The first kappa shape index (κ1) is 13.2. The van der Waals surface area contributed by atoms with Crippen molar-refractivity contribution >= 4 is 12.0 Å². The molecular formula is C13H22N2O3. The molecule has 0 bridgehead atoms. The first-order chi connectivity index (χ1) is 8.46. The average Bonchev–Trinajstić information content (AvgIpc) is 2.94. The Kier molecular flexibility index (Phi) is 3.50. The summed E-state index contributed by atoms with van der Waals surface area (Å²) in [5.41, 5.74) is 0.258. The number of carboxylic acid groups (broad SMARTS) is 1. The number of carbonyl (C=O) groups excluding carboxylic acids is 1. The zero-order chi connectivity index (χ0) is 13.3. The maximum Gasteiger partial charge on any atom is 0.326 e. The van der Waals surface area contributed by atoms with Crippen LogP contribution in [0.5, 0.6) is 0 Å². The van der Waals surface area contributed by atoms with Crippen LogP contribution >= 0.6 is 0 Å². The fraction of sp³-hybridized carbons (Fsp3) is 0.846. The minimum Gasteiger partial charge on any atom is -0.480 e. The van der Waals surface area contributed by atoms with E-state index in [2.05, 4.69) is 19.2 Å². The first-order valence-corrected chi connectivity index (χ1v) is 6.73. The molecule has 5 heteroatoms. The number of hydrogen-bond donors (Lipinski definition) is 2. The van der Waals surface area contributed by atoms with E-state index in [9.17, 15) is 9.59 Å². The van der Waals surface area contributed by atoms with Crippen LogP contribution in [0.3, 0.4) is 0 Å². The molecule has 1 saturated carbocycles. The van der Waals surface area contributed by atoms with Crippen LogP contribution in [0.15, 0.2) is 0 Å². The number of nitrogens with one attached hydrogen (secondary N) is 1. The van der Waals surface area contributed by atoms with Crippen LogP contribution < -0.4 is 5.32 Å². The van der Waals surface area contributed by atoms with Crippen LogP contribution in [0.4, 0.5) is 4.79 Å². The average molecular weight is 254 g/mol. The van der Waals surface area contributed by atoms with E-state index in [1.165, 1.54) is 4.90 Å². The number of carboxylic acids is 1. The zero-order valence-corrected chi connectivity index (χ0v) is 11.1. The Balaban J connectivity index is 1.87. The van der Waals surface area contributed by atoms with E-state index >= 15 is 0 Å². The second kappa shape index (κ2) is 4.78. The molecule has 2 amide bonds. The lowest BCUT2D eigenvalue weighted by molar-refractivity contribution is -0.141. The van der Waals surface area contributed by atoms with Crippen LogP contribution in [0.1, 0.15) is 39.5 Å². The van der Waals surface area contributed by atoms with Gasteiger partial charge in [0.2, 0.25) is 0 Å². The number of urea groups is 1. The van der Waals surface area contributed by atoms with Crippen molar-refractivity contribution in [1.82, 2.24) is 10.2 Å². The van der Waals surface area contributed by atoms with Crippen LogP contribution in [0, 0.1) is 11.3 Å². The van der Waals surface area contributed by atoms with Crippen LogP contribution in [-0.2, 0) is 4.79 Å². The molecule has 0 aromatic carbocycles. The minimum absolute atomic E-state index is 0.216. The second-order valence-electron chi connectivity index (χ2n) is 5.87. The van der Waals surface area contributed by atoms with Crippen LogP contribution in [-0.4, -0.2) is 41.1 Å². The lowest BCUT2D eigenvalue weighted by Gasteiger charge is -2.25. The number of nitrogens with zero attached hydrogens (tertiary/aromatic N) is 1. The number of hydrogen-bond acceptors (Lipinski definition) is 2. The zero-order valence-electron chi connectivity index (χ0n) is 11.1. The lowest BCUT2D eigenvalue weighted by atomic mass is 9.92. The Hall–Kier alpha value is -1.26. The molecule has 5 nitrogen and oxygen atoms in total. The summed E-state index contributed by atoms with van der Waals surface area (Å²) in [5, 5.41) is 12.0. The van der Waals surface area contributed by atoms with Gasteiger partial charge >= 0.3 is 12.0 Å². The van der Waals surface area contributed by atoms with Gasteiger partial charge in [-0.15, -0.1) is 0 Å². The van der Waals surface area contributed by atoms with E-state index in [1.807, 2.05) is 0 Å². The van der Waals surface area contributed by atoms with Gasteiger partial charge in [-0.25, -0.2) is 9.59 Å². The van der Waals surface area contributed by atoms with Gasteiger partial charge in [-0.2, -0.15) is 0 Å². The monoisotopic (exact) mass is 254 g/mol. The Morgan fingerprint density at radius 1 is 1.44 bits per heavy atom. The summed E-state index contributed by atoms with van der Waals surface area (Å²) in [6.07, 6.45) is 3.67. The fourth-order valence-electron chi connectivity index (χ4n) is 2.74. The van der Waals surface area contributed by atoms with Crippen molar-refractivity contribution < 1.29 is 14.7 Å². The lowest BCUT2D eigenvalue weighted by Crippen LogP contribution is -2.47. The Labute approximate surface area is 108 Å². The van der Waals surface area contributed by atoms with Gasteiger partial charge in [0.1, 0.15) is 6.04 Å². The third-order valence-electron chi connectivity index (χ3n) is 4.51. The van der Waals surface area contributed by atoms with Gasteiger partial charge in [0, 0.05) is 13.1 Å². The molecule has 102 valence electrons. The summed E-state index contributed by atoms with van der Waals surface area (Å²) in [5.74, 6) is -0.334. The number of likely N-dealkylation sites (tertiary alicyclic amines) is 1. The van der Waals surface area contributed by atoms with Crippen molar-refractivity contribution in [2.24, 2.45) is 11.3 Å². The third-order valence-corrected chi connectivity index (χ3v) is 4.51. The van der Waals surface area contributed by atoms with Gasteiger partial charge < -0.3 is 15.3 Å². The van der Waals surface area contributed by atoms with Gasteiger partial charge in [0.05, 0.1) is 0 Å². The largest absolute Gasteiger partial charge is 0.480 e. The van der Waals surface area contributed by atoms with Crippen LogP contribution in [0.2, 0.25) is 0 Å².